The van der Waals surface area contributed by atoms with E-state index in [9.17, 15) is 13.2 Å². The lowest BCUT2D eigenvalue weighted by atomic mass is 10.1. The molecule has 6 heteroatoms. The molecule has 1 aromatic rings. The molecule has 1 aromatic heterocycles. The quantitative estimate of drug-likeness (QED) is 0.871. The van der Waals surface area contributed by atoms with E-state index >= 15 is 0 Å². The summed E-state index contributed by atoms with van der Waals surface area (Å²) < 4.78 is 42.5. The van der Waals surface area contributed by atoms with Gasteiger partial charge in [0.25, 0.3) is 0 Å². The Balaban J connectivity index is 2.05. The Bertz CT molecular complexity index is 375. The first kappa shape index (κ1) is 12.2. The number of nitrogens with one attached hydrogen (secondary N) is 1. The van der Waals surface area contributed by atoms with Crippen LogP contribution in [0.2, 0.25) is 0 Å². The fourth-order valence-electron chi connectivity index (χ4n) is 1.72. The molecule has 0 atom stereocenters. The van der Waals surface area contributed by atoms with E-state index < -0.39 is 11.9 Å². The first-order chi connectivity index (χ1) is 8.05. The van der Waals surface area contributed by atoms with E-state index in [1.807, 2.05) is 0 Å². The monoisotopic (exact) mass is 246 g/mol. The average molecular weight is 246 g/mol. The maximum Gasteiger partial charge on any atom is 0.433 e. The largest absolute Gasteiger partial charge is 0.433 e. The predicted molar refractivity (Wildman–Crippen MR) is 56.7 cm³/mol. The zero-order valence-corrected chi connectivity index (χ0v) is 9.13. The van der Waals surface area contributed by atoms with Crippen LogP contribution in [0.25, 0.3) is 0 Å². The minimum atomic E-state index is -4.40. The smallest absolute Gasteiger partial charge is 0.381 e. The molecule has 0 bridgehead atoms. The molecular formula is C11H13F3N2O. The number of pyridine rings is 1. The van der Waals surface area contributed by atoms with Crippen molar-refractivity contribution in [2.75, 3.05) is 18.5 Å². The summed E-state index contributed by atoms with van der Waals surface area (Å²) in [6, 6.07) is 4.01. The van der Waals surface area contributed by atoms with Crippen LogP contribution in [-0.4, -0.2) is 24.2 Å². The van der Waals surface area contributed by atoms with Gasteiger partial charge in [0.05, 0.1) is 0 Å². The predicted octanol–water partition coefficient (Wildman–Crippen LogP) is 2.69. The molecule has 1 aliphatic rings. The van der Waals surface area contributed by atoms with Crippen LogP contribution in [0.5, 0.6) is 0 Å². The van der Waals surface area contributed by atoms with Gasteiger partial charge in [0, 0.05) is 19.3 Å². The molecule has 0 aromatic carbocycles. The van der Waals surface area contributed by atoms with Crippen LogP contribution in [0.15, 0.2) is 18.2 Å². The Kier molecular flexibility index (Phi) is 3.51. The first-order valence-electron chi connectivity index (χ1n) is 5.44. The van der Waals surface area contributed by atoms with Gasteiger partial charge in [-0.05, 0) is 25.0 Å². The summed E-state index contributed by atoms with van der Waals surface area (Å²) in [5, 5.41) is 3.00. The van der Waals surface area contributed by atoms with Crippen LogP contribution >= 0.6 is 0 Å². The standard InChI is InChI=1S/C11H13F3N2O/c12-11(13,14)9-2-1-3-10(16-9)15-8-4-6-17-7-5-8/h1-3,8H,4-7H2,(H,15,16). The summed E-state index contributed by atoms with van der Waals surface area (Å²) in [5.74, 6) is 0.270. The number of halogens is 3. The molecule has 94 valence electrons. The lowest BCUT2D eigenvalue weighted by Crippen LogP contribution is -2.28. The number of alkyl halides is 3. The van der Waals surface area contributed by atoms with E-state index in [4.69, 9.17) is 4.74 Å². The minimum absolute atomic E-state index is 0.139. The van der Waals surface area contributed by atoms with Gasteiger partial charge < -0.3 is 10.1 Å². The molecule has 2 heterocycles. The van der Waals surface area contributed by atoms with Crippen LogP contribution < -0.4 is 5.32 Å². The summed E-state index contributed by atoms with van der Waals surface area (Å²) >= 11 is 0. The molecule has 0 unspecified atom stereocenters. The highest BCUT2D eigenvalue weighted by atomic mass is 19.4. The Morgan fingerprint density at radius 2 is 1.94 bits per heavy atom. The van der Waals surface area contributed by atoms with Gasteiger partial charge in [-0.2, -0.15) is 13.2 Å². The minimum Gasteiger partial charge on any atom is -0.381 e. The molecule has 17 heavy (non-hydrogen) atoms. The molecule has 1 aliphatic heterocycles. The van der Waals surface area contributed by atoms with Crippen LogP contribution in [-0.2, 0) is 10.9 Å². The molecule has 0 aliphatic carbocycles. The Morgan fingerprint density at radius 3 is 2.59 bits per heavy atom. The van der Waals surface area contributed by atoms with Crippen LogP contribution in [0.4, 0.5) is 19.0 Å². The van der Waals surface area contributed by atoms with Gasteiger partial charge in [0.2, 0.25) is 0 Å². The number of nitrogens with zero attached hydrogens (tertiary/aromatic N) is 1. The van der Waals surface area contributed by atoms with E-state index in [2.05, 4.69) is 10.3 Å². The second-order valence-electron chi connectivity index (χ2n) is 3.94. The van der Waals surface area contributed by atoms with Crippen molar-refractivity contribution < 1.29 is 17.9 Å². The molecule has 1 fully saturated rings. The zero-order valence-electron chi connectivity index (χ0n) is 9.13. The molecule has 0 spiro atoms. The number of aromatic nitrogens is 1. The first-order valence-corrected chi connectivity index (χ1v) is 5.44. The summed E-state index contributed by atoms with van der Waals surface area (Å²) in [7, 11) is 0. The molecule has 1 saturated heterocycles. The van der Waals surface area contributed by atoms with E-state index in [-0.39, 0.29) is 11.9 Å². The summed E-state index contributed by atoms with van der Waals surface area (Å²) in [6.45, 7) is 1.27. The van der Waals surface area contributed by atoms with E-state index in [0.29, 0.717) is 13.2 Å². The van der Waals surface area contributed by atoms with Crippen molar-refractivity contribution in [1.29, 1.82) is 0 Å². The van der Waals surface area contributed by atoms with Crippen LogP contribution in [0.3, 0.4) is 0 Å². The summed E-state index contributed by atoms with van der Waals surface area (Å²) in [6.07, 6.45) is -2.82. The summed E-state index contributed by atoms with van der Waals surface area (Å²) in [4.78, 5) is 3.56. The van der Waals surface area contributed by atoms with Gasteiger partial charge in [-0.1, -0.05) is 6.07 Å². The number of rotatable bonds is 2. The lowest BCUT2D eigenvalue weighted by molar-refractivity contribution is -0.141. The van der Waals surface area contributed by atoms with E-state index in [1.165, 1.54) is 6.07 Å². The maximum atomic E-state index is 12.4. The van der Waals surface area contributed by atoms with Crippen molar-refractivity contribution >= 4 is 5.82 Å². The fourth-order valence-corrected chi connectivity index (χ4v) is 1.72. The van der Waals surface area contributed by atoms with Gasteiger partial charge >= 0.3 is 6.18 Å². The average Bonchev–Trinajstić information content (AvgIpc) is 2.29. The van der Waals surface area contributed by atoms with Crippen molar-refractivity contribution in [3.05, 3.63) is 23.9 Å². The van der Waals surface area contributed by atoms with Crippen molar-refractivity contribution in [3.63, 3.8) is 0 Å². The third-order valence-electron chi connectivity index (χ3n) is 2.61. The maximum absolute atomic E-state index is 12.4. The van der Waals surface area contributed by atoms with Crippen molar-refractivity contribution in [3.8, 4) is 0 Å². The number of anilines is 1. The SMILES string of the molecule is FC(F)(F)c1cccc(NC2CCOCC2)n1. The Morgan fingerprint density at radius 1 is 1.24 bits per heavy atom. The lowest BCUT2D eigenvalue weighted by Gasteiger charge is -2.23. The van der Waals surface area contributed by atoms with Crippen molar-refractivity contribution in [2.45, 2.75) is 25.1 Å². The third kappa shape index (κ3) is 3.33. The molecule has 0 radical (unpaired) electrons. The van der Waals surface area contributed by atoms with E-state index in [0.717, 1.165) is 18.9 Å². The Hall–Kier alpha value is -1.30. The van der Waals surface area contributed by atoms with Crippen LogP contribution in [0, 0.1) is 0 Å². The van der Waals surface area contributed by atoms with E-state index in [1.54, 1.807) is 6.07 Å². The molecule has 0 saturated carbocycles. The topological polar surface area (TPSA) is 34.1 Å². The number of ether oxygens (including phenoxy) is 1. The van der Waals surface area contributed by atoms with Gasteiger partial charge in [-0.3, -0.25) is 0 Å². The number of hydrogen-bond acceptors (Lipinski definition) is 3. The second kappa shape index (κ2) is 4.91. The van der Waals surface area contributed by atoms with Gasteiger partial charge in [-0.25, -0.2) is 4.98 Å². The molecule has 1 N–H and O–H groups in total. The normalized spacial score (nSPS) is 18.1. The van der Waals surface area contributed by atoms with Crippen molar-refractivity contribution in [2.24, 2.45) is 0 Å². The van der Waals surface area contributed by atoms with Gasteiger partial charge in [0.15, 0.2) is 0 Å². The Labute approximate surface area is 97.0 Å². The van der Waals surface area contributed by atoms with Crippen LogP contribution in [0.1, 0.15) is 18.5 Å². The summed E-state index contributed by atoms with van der Waals surface area (Å²) in [5.41, 5.74) is -0.866. The van der Waals surface area contributed by atoms with Crippen molar-refractivity contribution in [1.82, 2.24) is 4.98 Å². The van der Waals surface area contributed by atoms with Gasteiger partial charge in [0.1, 0.15) is 11.5 Å². The highest BCUT2D eigenvalue weighted by Gasteiger charge is 2.32. The molecule has 3 nitrogen and oxygen atoms in total. The highest BCUT2D eigenvalue weighted by molar-refractivity contribution is 5.37. The highest BCUT2D eigenvalue weighted by Crippen LogP contribution is 2.28. The zero-order chi connectivity index (χ0) is 12.3. The fraction of sp³-hybridized carbons (Fsp3) is 0.545. The third-order valence-corrected chi connectivity index (χ3v) is 2.61. The molecule has 0 amide bonds. The number of hydrogen-bond donors (Lipinski definition) is 1. The molecular weight excluding hydrogens is 233 g/mol. The second-order valence-corrected chi connectivity index (χ2v) is 3.94. The molecule has 2 rings (SSSR count). The van der Waals surface area contributed by atoms with Gasteiger partial charge in [-0.15, -0.1) is 0 Å².